The van der Waals surface area contributed by atoms with Gasteiger partial charge in [0.15, 0.2) is 12.6 Å². The van der Waals surface area contributed by atoms with Crippen LogP contribution in [0.1, 0.15) is 373 Å². The number of aliphatic hydroxyl groups is 8. The Balaban J connectivity index is 1.62. The first-order chi connectivity index (χ1) is 46.1. The summed E-state index contributed by atoms with van der Waals surface area (Å²) < 4.78 is 22.9. The summed E-state index contributed by atoms with van der Waals surface area (Å²) >= 11 is 0. The fourth-order valence-corrected chi connectivity index (χ4v) is 13.4. The van der Waals surface area contributed by atoms with E-state index in [1.165, 1.54) is 302 Å². The summed E-state index contributed by atoms with van der Waals surface area (Å²) in [5.41, 5.74) is 0. The van der Waals surface area contributed by atoms with E-state index in [0.717, 1.165) is 44.9 Å². The number of allylic oxidation sites excluding steroid dienone is 5. The van der Waals surface area contributed by atoms with E-state index in [2.05, 4.69) is 43.5 Å². The summed E-state index contributed by atoms with van der Waals surface area (Å²) in [6, 6.07) is -0.915. The molecule has 2 heterocycles. The van der Waals surface area contributed by atoms with E-state index in [0.29, 0.717) is 6.42 Å². The molecule has 14 heteroatoms. The molecular formula is C80H151NO13. The van der Waals surface area contributed by atoms with Crippen LogP contribution < -0.4 is 5.32 Å². The van der Waals surface area contributed by atoms with Gasteiger partial charge in [-0.3, -0.25) is 4.79 Å². The van der Waals surface area contributed by atoms with Gasteiger partial charge in [-0.05, 0) is 51.4 Å². The molecule has 0 aromatic heterocycles. The summed E-state index contributed by atoms with van der Waals surface area (Å²) in [6.45, 7) is 2.85. The second kappa shape index (κ2) is 64.6. The minimum absolute atomic E-state index is 0.232. The number of aliphatic hydroxyl groups excluding tert-OH is 8. The van der Waals surface area contributed by atoms with Crippen LogP contribution in [-0.4, -0.2) is 140 Å². The van der Waals surface area contributed by atoms with Crippen molar-refractivity contribution >= 4 is 5.91 Å². The SMILES string of the molecule is CCCCCCC/C=C\C/C=C\CCCCCCCCCCCCCCCCCCCCCC(=O)NC(COC1OC(CO)C(OC2OC(CO)C(O)C(O)C2O)C(O)C1O)C(O)/C=C/CCCCCCCCCCCCCCCCCCCCCCCCCCCCC. The highest BCUT2D eigenvalue weighted by Gasteiger charge is 2.51. The molecular weight excluding hydrogens is 1180 g/mol. The first-order valence-electron chi connectivity index (χ1n) is 40.2. The minimum Gasteiger partial charge on any atom is -0.394 e. The van der Waals surface area contributed by atoms with E-state index in [1.807, 2.05) is 6.08 Å². The highest BCUT2D eigenvalue weighted by Crippen LogP contribution is 2.30. The molecule has 14 nitrogen and oxygen atoms in total. The van der Waals surface area contributed by atoms with E-state index >= 15 is 0 Å². The molecule has 94 heavy (non-hydrogen) atoms. The van der Waals surface area contributed by atoms with Crippen LogP contribution in [0, 0.1) is 0 Å². The molecule has 554 valence electrons. The molecule has 2 aliphatic rings. The fraction of sp³-hybridized carbons (Fsp3) is 0.912. The topological polar surface area (TPSA) is 228 Å². The maximum Gasteiger partial charge on any atom is 0.220 e. The summed E-state index contributed by atoms with van der Waals surface area (Å²) in [4.78, 5) is 13.4. The van der Waals surface area contributed by atoms with Crippen molar-refractivity contribution < 1.29 is 64.6 Å². The standard InChI is InChI=1S/C80H151NO13/c1-3-5-7-9-11-13-15-17-19-21-23-25-27-29-31-33-34-36-38-40-42-44-46-48-50-52-54-56-58-60-62-64-72(85)81-68(67-91-79-77(90)75(88)78(71(66-83)93-79)94-80-76(89)74(87)73(86)70(65-82)92-80)69(84)63-61-59-57-55-53-51-49-47-45-43-41-39-37-35-32-30-28-26-24-22-20-18-16-14-12-10-8-6-4-2/h15,17,21,23,61,63,68-71,73-80,82-84,86-90H,3-14,16,18-20,22,24-60,62,64-67H2,1-2H3,(H,81,85)/b17-15-,23-21-,63-61+. The van der Waals surface area contributed by atoms with Gasteiger partial charge in [-0.15, -0.1) is 0 Å². The summed E-state index contributed by atoms with van der Waals surface area (Å²) in [6.07, 6.45) is 67.9. The Morgan fingerprint density at radius 1 is 0.383 bits per heavy atom. The second-order valence-electron chi connectivity index (χ2n) is 28.5. The molecule has 12 unspecified atom stereocenters. The predicted octanol–water partition coefficient (Wildman–Crippen LogP) is 18.0. The number of carbonyl (C=O) groups excluding carboxylic acids is 1. The van der Waals surface area contributed by atoms with Crippen LogP contribution in [0.15, 0.2) is 36.5 Å². The summed E-state index contributed by atoms with van der Waals surface area (Å²) in [5.74, 6) is -0.232. The average Bonchev–Trinajstić information content (AvgIpc) is 0.794. The van der Waals surface area contributed by atoms with Gasteiger partial charge in [0, 0.05) is 6.42 Å². The molecule has 1 amide bonds. The van der Waals surface area contributed by atoms with Crippen LogP contribution in [-0.2, 0) is 23.7 Å². The number of hydrogen-bond donors (Lipinski definition) is 9. The van der Waals surface area contributed by atoms with Gasteiger partial charge in [0.1, 0.15) is 48.8 Å². The second-order valence-corrected chi connectivity index (χ2v) is 28.5. The van der Waals surface area contributed by atoms with Gasteiger partial charge in [0.25, 0.3) is 0 Å². The Kier molecular flexibility index (Phi) is 60.7. The number of unbranched alkanes of at least 4 members (excludes halogenated alkanes) is 51. The number of ether oxygens (including phenoxy) is 4. The average molecular weight is 1340 g/mol. The lowest BCUT2D eigenvalue weighted by molar-refractivity contribution is -0.359. The van der Waals surface area contributed by atoms with Gasteiger partial charge in [-0.2, -0.15) is 0 Å². The van der Waals surface area contributed by atoms with Crippen molar-refractivity contribution in [2.45, 2.75) is 447 Å². The van der Waals surface area contributed by atoms with Crippen molar-refractivity contribution in [3.8, 4) is 0 Å². The van der Waals surface area contributed by atoms with Crippen molar-refractivity contribution in [1.29, 1.82) is 0 Å². The van der Waals surface area contributed by atoms with E-state index in [9.17, 15) is 45.6 Å². The molecule has 2 rings (SSSR count). The van der Waals surface area contributed by atoms with Gasteiger partial charge in [-0.25, -0.2) is 0 Å². The minimum atomic E-state index is -1.79. The van der Waals surface area contributed by atoms with Crippen molar-refractivity contribution in [2.75, 3.05) is 19.8 Å². The summed E-state index contributed by atoms with van der Waals surface area (Å²) in [7, 11) is 0. The monoisotopic (exact) mass is 1330 g/mol. The molecule has 0 aromatic carbocycles. The van der Waals surface area contributed by atoms with Crippen LogP contribution in [0.5, 0.6) is 0 Å². The highest BCUT2D eigenvalue weighted by molar-refractivity contribution is 5.76. The van der Waals surface area contributed by atoms with E-state index in [4.69, 9.17) is 18.9 Å². The molecule has 0 aliphatic carbocycles. The number of hydrogen-bond acceptors (Lipinski definition) is 13. The van der Waals surface area contributed by atoms with Crippen LogP contribution >= 0.6 is 0 Å². The Labute approximate surface area is 576 Å². The van der Waals surface area contributed by atoms with E-state index < -0.39 is 86.8 Å². The molecule has 12 atom stereocenters. The fourth-order valence-electron chi connectivity index (χ4n) is 13.4. The third-order valence-electron chi connectivity index (χ3n) is 19.8. The number of amides is 1. The maximum absolute atomic E-state index is 13.4. The Morgan fingerprint density at radius 3 is 1.06 bits per heavy atom. The molecule has 2 aliphatic heterocycles. The van der Waals surface area contributed by atoms with Gasteiger partial charge in [-0.1, -0.05) is 352 Å². The van der Waals surface area contributed by atoms with Crippen LogP contribution in [0.3, 0.4) is 0 Å². The van der Waals surface area contributed by atoms with Gasteiger partial charge < -0.3 is 65.1 Å². The molecule has 0 aromatic rings. The quantitative estimate of drug-likeness (QED) is 0.0204. The normalized spacial score (nSPS) is 22.6. The smallest absolute Gasteiger partial charge is 0.220 e. The van der Waals surface area contributed by atoms with Crippen molar-refractivity contribution in [3.63, 3.8) is 0 Å². The number of rotatable bonds is 68. The molecule has 2 saturated heterocycles. The molecule has 0 saturated carbocycles. The molecule has 0 bridgehead atoms. The molecule has 2 fully saturated rings. The first-order valence-corrected chi connectivity index (χ1v) is 40.2. The van der Waals surface area contributed by atoms with Crippen LogP contribution in [0.25, 0.3) is 0 Å². The number of nitrogens with one attached hydrogen (secondary N) is 1. The van der Waals surface area contributed by atoms with Gasteiger partial charge >= 0.3 is 0 Å². The Morgan fingerprint density at radius 2 is 0.702 bits per heavy atom. The lowest BCUT2D eigenvalue weighted by Gasteiger charge is -2.46. The Bertz CT molecular complexity index is 1720. The van der Waals surface area contributed by atoms with Gasteiger partial charge in [0.2, 0.25) is 5.91 Å². The molecule has 9 N–H and O–H groups in total. The largest absolute Gasteiger partial charge is 0.394 e. The molecule has 0 radical (unpaired) electrons. The first kappa shape index (κ1) is 88.3. The Hall–Kier alpha value is -1.79. The van der Waals surface area contributed by atoms with Crippen molar-refractivity contribution in [2.24, 2.45) is 0 Å². The van der Waals surface area contributed by atoms with E-state index in [-0.39, 0.29) is 18.9 Å². The van der Waals surface area contributed by atoms with Gasteiger partial charge in [0.05, 0.1) is 32.0 Å². The lowest BCUT2D eigenvalue weighted by atomic mass is 9.97. The van der Waals surface area contributed by atoms with Crippen LogP contribution in [0.2, 0.25) is 0 Å². The number of carbonyl (C=O) groups is 1. The lowest BCUT2D eigenvalue weighted by Crippen LogP contribution is -2.65. The van der Waals surface area contributed by atoms with Crippen molar-refractivity contribution in [3.05, 3.63) is 36.5 Å². The zero-order chi connectivity index (χ0) is 68.0. The van der Waals surface area contributed by atoms with Crippen LogP contribution in [0.4, 0.5) is 0 Å². The van der Waals surface area contributed by atoms with Crippen molar-refractivity contribution in [1.82, 2.24) is 5.32 Å². The third-order valence-corrected chi connectivity index (χ3v) is 19.8. The zero-order valence-corrected chi connectivity index (χ0v) is 60.7. The molecule has 0 spiro atoms. The summed E-state index contributed by atoms with van der Waals surface area (Å²) in [5, 5.41) is 87.7. The zero-order valence-electron chi connectivity index (χ0n) is 60.7. The third kappa shape index (κ3) is 47.3. The predicted molar refractivity (Wildman–Crippen MR) is 388 cm³/mol. The maximum atomic E-state index is 13.4. The van der Waals surface area contributed by atoms with E-state index in [1.54, 1.807) is 6.08 Å². The highest BCUT2D eigenvalue weighted by atomic mass is 16.7.